The van der Waals surface area contributed by atoms with Crippen LogP contribution in [0.1, 0.15) is 30.9 Å². The van der Waals surface area contributed by atoms with E-state index in [2.05, 4.69) is 0 Å². The number of aryl methyl sites for hydroxylation is 1. The number of nitrogens with zero attached hydrogens (tertiary/aromatic N) is 1. The van der Waals surface area contributed by atoms with Crippen molar-refractivity contribution in [2.75, 3.05) is 6.54 Å². The topological polar surface area (TPSA) is 57.6 Å². The van der Waals surface area contributed by atoms with Crippen molar-refractivity contribution >= 4 is 10.0 Å². The number of hydrogen-bond acceptors (Lipinski definition) is 3. The number of unbranched alkanes of at least 4 members (excludes halogenated alkanes) is 1. The van der Waals surface area contributed by atoms with E-state index in [-0.39, 0.29) is 11.4 Å². The van der Waals surface area contributed by atoms with Crippen molar-refractivity contribution in [1.82, 2.24) is 4.31 Å². The van der Waals surface area contributed by atoms with Gasteiger partial charge in [-0.25, -0.2) is 17.1 Å². The first-order valence-corrected chi connectivity index (χ1v) is 10.5. The number of alkyl halides is 3. The predicted molar refractivity (Wildman–Crippen MR) is 104 cm³/mol. The van der Waals surface area contributed by atoms with Gasteiger partial charge in [-0.05, 0) is 43.5 Å². The van der Waals surface area contributed by atoms with Gasteiger partial charge in [0.25, 0.3) is 10.0 Å². The Morgan fingerprint density at radius 2 is 1.60 bits per heavy atom. The zero-order chi connectivity index (χ0) is 22.6. The van der Waals surface area contributed by atoms with Gasteiger partial charge >= 0.3 is 6.18 Å². The lowest BCUT2D eigenvalue weighted by Gasteiger charge is -2.26. The highest BCUT2D eigenvalue weighted by Crippen LogP contribution is 2.38. The first-order valence-electron chi connectivity index (χ1n) is 9.09. The summed E-state index contributed by atoms with van der Waals surface area (Å²) >= 11 is 0. The van der Waals surface area contributed by atoms with E-state index < -0.39 is 33.2 Å². The number of halogens is 4. The number of sulfonamides is 1. The molecule has 2 aromatic rings. The zero-order valence-corrected chi connectivity index (χ0v) is 17.2. The van der Waals surface area contributed by atoms with E-state index in [1.807, 2.05) is 6.04 Å². The van der Waals surface area contributed by atoms with Crippen molar-refractivity contribution in [3.8, 4) is 12.0 Å². The van der Waals surface area contributed by atoms with E-state index in [1.165, 1.54) is 12.1 Å². The van der Waals surface area contributed by atoms with Crippen LogP contribution in [0.4, 0.5) is 17.6 Å². The van der Waals surface area contributed by atoms with Crippen molar-refractivity contribution < 1.29 is 31.1 Å². The van der Waals surface area contributed by atoms with E-state index in [0.717, 1.165) is 29.8 Å². The molecule has 1 N–H and O–H groups in total. The number of benzene rings is 2. The molecule has 4 nitrogen and oxygen atoms in total. The van der Waals surface area contributed by atoms with Crippen LogP contribution in [-0.2, 0) is 15.6 Å². The molecule has 1 atom stereocenters. The minimum Gasteiger partial charge on any atom is -0.366 e. The molecule has 0 saturated carbocycles. The molecular weight excluding hydrogens is 422 g/mol. The lowest BCUT2D eigenvalue weighted by molar-refractivity contribution is -0.240. The lowest BCUT2D eigenvalue weighted by atomic mass is 9.94. The average molecular weight is 443 g/mol. The molecule has 9 heteroatoms. The second kappa shape index (κ2) is 9.06. The first kappa shape index (κ1) is 23.7. The Morgan fingerprint density at radius 3 is 2.10 bits per heavy atom. The molecule has 2 rings (SSSR count). The van der Waals surface area contributed by atoms with Gasteiger partial charge in [-0.15, -0.1) is 0 Å². The first-order chi connectivity index (χ1) is 13.9. The predicted octanol–water partition coefficient (Wildman–Crippen LogP) is 4.34. The Hall–Kier alpha value is -2.57. The fourth-order valence-electron chi connectivity index (χ4n) is 2.52. The highest BCUT2D eigenvalue weighted by Gasteiger charge is 2.54. The normalized spacial score (nSPS) is 13.8. The monoisotopic (exact) mass is 443 g/mol. The van der Waals surface area contributed by atoms with Crippen LogP contribution in [0.15, 0.2) is 53.4 Å². The zero-order valence-electron chi connectivity index (χ0n) is 16.4. The smallest absolute Gasteiger partial charge is 0.366 e. The third kappa shape index (κ3) is 5.12. The van der Waals surface area contributed by atoms with Crippen molar-refractivity contribution in [1.29, 1.82) is 0 Å². The van der Waals surface area contributed by atoms with Crippen molar-refractivity contribution in [3.05, 3.63) is 65.5 Å². The maximum absolute atomic E-state index is 13.6. The molecule has 30 heavy (non-hydrogen) atoms. The molecule has 0 aliphatic heterocycles. The SMILES string of the molecule is CCCCN(C#C[C@](O)(c1ccc(F)cc1)C(F)(F)F)S(=O)(=O)c1ccc(C)cc1. The summed E-state index contributed by atoms with van der Waals surface area (Å²) in [6.45, 7) is 3.39. The Balaban J connectivity index is 2.55. The van der Waals surface area contributed by atoms with Gasteiger partial charge in [0.05, 0.1) is 4.90 Å². The number of rotatable bonds is 6. The van der Waals surface area contributed by atoms with Crippen molar-refractivity contribution in [3.63, 3.8) is 0 Å². The standard InChI is InChI=1S/C21H21F4NO3S/c1-3-4-14-26(30(28,29)19-11-5-16(2)6-12-19)15-13-20(27,21(23,24)25)17-7-9-18(22)10-8-17/h5-12,27H,3-4,14H2,1-2H3/t20-/m0/s1. The molecule has 0 spiro atoms. The molecule has 0 aliphatic carbocycles. The fourth-order valence-corrected chi connectivity index (χ4v) is 3.79. The molecule has 2 aromatic carbocycles. The molecule has 0 bridgehead atoms. The summed E-state index contributed by atoms with van der Waals surface area (Å²) < 4.78 is 80.5. The summed E-state index contributed by atoms with van der Waals surface area (Å²) in [6.07, 6.45) is -4.33. The van der Waals surface area contributed by atoms with Gasteiger partial charge in [-0.1, -0.05) is 43.2 Å². The summed E-state index contributed by atoms with van der Waals surface area (Å²) in [5.74, 6) is 0.884. The molecular formula is C21H21F4NO3S. The molecule has 0 unspecified atom stereocenters. The molecule has 0 aliphatic rings. The number of hydrogen-bond donors (Lipinski definition) is 1. The molecule has 0 amide bonds. The molecule has 162 valence electrons. The van der Waals surface area contributed by atoms with Crippen LogP contribution in [0.3, 0.4) is 0 Å². The van der Waals surface area contributed by atoms with E-state index in [4.69, 9.17) is 0 Å². The van der Waals surface area contributed by atoms with E-state index >= 15 is 0 Å². The molecule has 0 fully saturated rings. The second-order valence-corrected chi connectivity index (χ2v) is 8.56. The minimum atomic E-state index is -5.25. The summed E-state index contributed by atoms with van der Waals surface area (Å²) in [5.41, 5.74) is -3.58. The third-order valence-corrected chi connectivity index (χ3v) is 6.08. The van der Waals surface area contributed by atoms with Crippen LogP contribution < -0.4 is 0 Å². The number of aliphatic hydroxyl groups is 1. The Kier molecular flexibility index (Phi) is 7.16. The Labute approximate surface area is 173 Å². The maximum Gasteiger partial charge on any atom is 0.433 e. The highest BCUT2D eigenvalue weighted by atomic mass is 32.2. The molecule has 0 heterocycles. The summed E-state index contributed by atoms with van der Waals surface area (Å²) in [5, 5.41) is 10.3. The van der Waals surface area contributed by atoms with Gasteiger partial charge in [0.15, 0.2) is 0 Å². The van der Waals surface area contributed by atoms with Crippen LogP contribution in [-0.4, -0.2) is 30.6 Å². The van der Waals surface area contributed by atoms with Crippen molar-refractivity contribution in [2.45, 2.75) is 43.4 Å². The molecule has 0 saturated heterocycles. The van der Waals surface area contributed by atoms with Gasteiger partial charge in [0.2, 0.25) is 5.60 Å². The van der Waals surface area contributed by atoms with E-state index in [0.29, 0.717) is 17.1 Å². The second-order valence-electron chi connectivity index (χ2n) is 6.70. The average Bonchev–Trinajstić information content (AvgIpc) is 2.67. The van der Waals surface area contributed by atoms with Crippen LogP contribution in [0.25, 0.3) is 0 Å². The highest BCUT2D eigenvalue weighted by molar-refractivity contribution is 7.89. The summed E-state index contributed by atoms with van der Waals surface area (Å²) in [6, 6.07) is 10.8. The maximum atomic E-state index is 13.6. The van der Waals surface area contributed by atoms with Gasteiger partial charge < -0.3 is 5.11 Å². The van der Waals surface area contributed by atoms with Crippen LogP contribution in [0, 0.1) is 24.7 Å². The van der Waals surface area contributed by atoms with Crippen LogP contribution in [0.5, 0.6) is 0 Å². The Morgan fingerprint density at radius 1 is 1.03 bits per heavy atom. The lowest BCUT2D eigenvalue weighted by Crippen LogP contribution is -2.41. The quantitative estimate of drug-likeness (QED) is 0.411. The van der Waals surface area contributed by atoms with Gasteiger partial charge in [0.1, 0.15) is 5.82 Å². The summed E-state index contributed by atoms with van der Waals surface area (Å²) in [4.78, 5) is -0.129. The van der Waals surface area contributed by atoms with Crippen LogP contribution in [0.2, 0.25) is 0 Å². The third-order valence-electron chi connectivity index (χ3n) is 4.36. The van der Waals surface area contributed by atoms with Crippen molar-refractivity contribution in [2.24, 2.45) is 0 Å². The Bertz CT molecular complexity index is 1020. The molecule has 0 radical (unpaired) electrons. The van der Waals surface area contributed by atoms with Gasteiger partial charge in [0, 0.05) is 18.2 Å². The largest absolute Gasteiger partial charge is 0.433 e. The van der Waals surface area contributed by atoms with Gasteiger partial charge in [-0.2, -0.15) is 13.2 Å². The van der Waals surface area contributed by atoms with E-state index in [9.17, 15) is 31.1 Å². The van der Waals surface area contributed by atoms with E-state index in [1.54, 1.807) is 31.9 Å². The fraction of sp³-hybridized carbons (Fsp3) is 0.333. The minimum absolute atomic E-state index is 0.129. The van der Waals surface area contributed by atoms with Gasteiger partial charge in [-0.3, -0.25) is 0 Å². The van der Waals surface area contributed by atoms with Crippen LogP contribution >= 0.6 is 0 Å². The molecule has 0 aromatic heterocycles. The summed E-state index contributed by atoms with van der Waals surface area (Å²) in [7, 11) is -4.23.